The molecule has 1 nitrogen and oxygen atoms in total. The topological polar surface area (TPSA) is 17.1 Å². The first-order valence-corrected chi connectivity index (χ1v) is 6.06. The maximum atomic E-state index is 11.7. The number of Topliss-reactive ketones (excluding diaryl/α,β-unsaturated/α-hetero) is 1. The molecule has 0 spiro atoms. The summed E-state index contributed by atoms with van der Waals surface area (Å²) in [4.78, 5) is 11.7. The summed E-state index contributed by atoms with van der Waals surface area (Å²) < 4.78 is 0. The normalized spacial score (nSPS) is 32.0. The summed E-state index contributed by atoms with van der Waals surface area (Å²) in [6.45, 7) is 4.19. The summed E-state index contributed by atoms with van der Waals surface area (Å²) in [5.74, 6) is 1.83. The Balaban J connectivity index is 1.81. The van der Waals surface area contributed by atoms with E-state index in [-0.39, 0.29) is 0 Å². The highest BCUT2D eigenvalue weighted by molar-refractivity contribution is 5.89. The molecule has 0 aromatic heterocycles. The SMILES string of the molecule is C=C(c1ccccc1)C1[C@H]2C(=O)CCC[C@@H]12. The van der Waals surface area contributed by atoms with E-state index in [0.29, 0.717) is 23.5 Å². The smallest absolute Gasteiger partial charge is 0.136 e. The average molecular weight is 212 g/mol. The molecule has 1 aromatic carbocycles. The van der Waals surface area contributed by atoms with Crippen LogP contribution in [0.25, 0.3) is 5.57 Å². The molecule has 16 heavy (non-hydrogen) atoms. The average Bonchev–Trinajstić information content (AvgIpc) is 3.05. The fraction of sp³-hybridized carbons (Fsp3) is 0.400. The van der Waals surface area contributed by atoms with Gasteiger partial charge in [0, 0.05) is 12.3 Å². The van der Waals surface area contributed by atoms with E-state index in [1.165, 1.54) is 17.6 Å². The van der Waals surface area contributed by atoms with Crippen molar-refractivity contribution < 1.29 is 4.79 Å². The van der Waals surface area contributed by atoms with Crippen LogP contribution >= 0.6 is 0 Å². The van der Waals surface area contributed by atoms with Gasteiger partial charge in [0.25, 0.3) is 0 Å². The maximum Gasteiger partial charge on any atom is 0.136 e. The van der Waals surface area contributed by atoms with Crippen LogP contribution in [-0.2, 0) is 4.79 Å². The molecule has 2 aliphatic rings. The molecule has 1 heteroatoms. The van der Waals surface area contributed by atoms with Crippen molar-refractivity contribution in [2.75, 3.05) is 0 Å². The third-order valence-corrected chi connectivity index (χ3v) is 4.05. The molecule has 0 aliphatic heterocycles. The first kappa shape index (κ1) is 9.83. The molecular weight excluding hydrogens is 196 g/mol. The van der Waals surface area contributed by atoms with Gasteiger partial charge >= 0.3 is 0 Å². The number of rotatable bonds is 2. The van der Waals surface area contributed by atoms with Gasteiger partial charge in [-0.15, -0.1) is 0 Å². The minimum absolute atomic E-state index is 0.307. The lowest BCUT2D eigenvalue weighted by Crippen LogP contribution is -2.07. The fourth-order valence-electron chi connectivity index (χ4n) is 3.17. The van der Waals surface area contributed by atoms with E-state index in [0.717, 1.165) is 12.8 Å². The van der Waals surface area contributed by atoms with Gasteiger partial charge in [-0.3, -0.25) is 4.79 Å². The predicted octanol–water partition coefficient (Wildman–Crippen LogP) is 3.32. The van der Waals surface area contributed by atoms with Crippen molar-refractivity contribution in [3.05, 3.63) is 42.5 Å². The summed E-state index contributed by atoms with van der Waals surface area (Å²) in [5.41, 5.74) is 2.38. The van der Waals surface area contributed by atoms with E-state index in [2.05, 4.69) is 18.7 Å². The molecule has 2 aliphatic carbocycles. The Morgan fingerprint density at radius 3 is 2.69 bits per heavy atom. The van der Waals surface area contributed by atoms with Gasteiger partial charge in [0.05, 0.1) is 0 Å². The summed E-state index contributed by atoms with van der Waals surface area (Å²) in [6, 6.07) is 10.3. The highest BCUT2D eigenvalue weighted by Gasteiger charge is 2.56. The van der Waals surface area contributed by atoms with Gasteiger partial charge in [-0.1, -0.05) is 36.9 Å². The summed E-state index contributed by atoms with van der Waals surface area (Å²) >= 11 is 0. The van der Waals surface area contributed by atoms with E-state index in [1.54, 1.807) is 0 Å². The van der Waals surface area contributed by atoms with Gasteiger partial charge in [0.1, 0.15) is 5.78 Å². The van der Waals surface area contributed by atoms with Crippen molar-refractivity contribution in [2.45, 2.75) is 19.3 Å². The van der Waals surface area contributed by atoms with E-state index >= 15 is 0 Å². The van der Waals surface area contributed by atoms with E-state index in [4.69, 9.17) is 0 Å². The van der Waals surface area contributed by atoms with Crippen molar-refractivity contribution in [1.29, 1.82) is 0 Å². The van der Waals surface area contributed by atoms with Crippen LogP contribution in [-0.4, -0.2) is 5.78 Å². The van der Waals surface area contributed by atoms with Gasteiger partial charge in [-0.05, 0) is 35.8 Å². The highest BCUT2D eigenvalue weighted by atomic mass is 16.1. The molecule has 0 amide bonds. The summed E-state index contributed by atoms with van der Waals surface area (Å²) in [5, 5.41) is 0. The van der Waals surface area contributed by atoms with Gasteiger partial charge in [0.15, 0.2) is 0 Å². The lowest BCUT2D eigenvalue weighted by Gasteiger charge is -2.04. The van der Waals surface area contributed by atoms with Crippen LogP contribution < -0.4 is 0 Å². The van der Waals surface area contributed by atoms with Gasteiger partial charge in [-0.2, -0.15) is 0 Å². The third-order valence-electron chi connectivity index (χ3n) is 4.05. The molecule has 1 aromatic rings. The van der Waals surface area contributed by atoms with Gasteiger partial charge in [-0.25, -0.2) is 0 Å². The Hall–Kier alpha value is -1.37. The monoisotopic (exact) mass is 212 g/mol. The maximum absolute atomic E-state index is 11.7. The number of carbonyl (C=O) groups is 1. The fourth-order valence-corrected chi connectivity index (χ4v) is 3.17. The second-order valence-electron chi connectivity index (χ2n) is 4.97. The quantitative estimate of drug-likeness (QED) is 0.735. The minimum Gasteiger partial charge on any atom is -0.299 e. The molecule has 1 unspecified atom stereocenters. The van der Waals surface area contributed by atoms with Gasteiger partial charge < -0.3 is 0 Å². The van der Waals surface area contributed by atoms with Crippen molar-refractivity contribution in [3.8, 4) is 0 Å². The second-order valence-corrected chi connectivity index (χ2v) is 4.97. The lowest BCUT2D eigenvalue weighted by atomic mass is 10.00. The standard InChI is InChI=1S/C15H16O/c1-10(11-6-3-2-4-7-11)14-12-8-5-9-13(16)15(12)14/h2-4,6-7,12,14-15H,1,5,8-9H2/t12-,14?,15+/m0/s1. The zero-order valence-electron chi connectivity index (χ0n) is 9.36. The summed E-state index contributed by atoms with van der Waals surface area (Å²) in [6.07, 6.45) is 3.09. The number of hydrogen-bond donors (Lipinski definition) is 0. The number of fused-ring (bicyclic) bond motifs is 1. The van der Waals surface area contributed by atoms with E-state index in [1.807, 2.05) is 18.2 Å². The Labute approximate surface area is 96.2 Å². The number of carbonyl (C=O) groups excluding carboxylic acids is 1. The number of allylic oxidation sites excluding steroid dienone is 1. The molecule has 3 atom stereocenters. The van der Waals surface area contributed by atoms with Crippen LogP contribution in [0.2, 0.25) is 0 Å². The summed E-state index contributed by atoms with van der Waals surface area (Å²) in [7, 11) is 0. The molecule has 2 fully saturated rings. The molecule has 3 rings (SSSR count). The zero-order valence-corrected chi connectivity index (χ0v) is 9.36. The number of hydrogen-bond acceptors (Lipinski definition) is 1. The van der Waals surface area contributed by atoms with Crippen molar-refractivity contribution in [2.24, 2.45) is 17.8 Å². The zero-order chi connectivity index (χ0) is 11.1. The molecule has 2 saturated carbocycles. The first-order valence-electron chi connectivity index (χ1n) is 6.06. The van der Waals surface area contributed by atoms with Gasteiger partial charge in [0.2, 0.25) is 0 Å². The Kier molecular flexibility index (Phi) is 2.20. The van der Waals surface area contributed by atoms with Crippen LogP contribution in [0.4, 0.5) is 0 Å². The van der Waals surface area contributed by atoms with Crippen LogP contribution in [0.1, 0.15) is 24.8 Å². The van der Waals surface area contributed by atoms with Crippen LogP contribution in [0.3, 0.4) is 0 Å². The molecule has 0 bridgehead atoms. The predicted molar refractivity (Wildman–Crippen MR) is 64.8 cm³/mol. The Morgan fingerprint density at radius 1 is 1.25 bits per heavy atom. The highest BCUT2D eigenvalue weighted by Crippen LogP contribution is 2.58. The lowest BCUT2D eigenvalue weighted by molar-refractivity contribution is -0.121. The first-order chi connectivity index (χ1) is 7.79. The van der Waals surface area contributed by atoms with Crippen molar-refractivity contribution >= 4 is 11.4 Å². The molecule has 0 radical (unpaired) electrons. The van der Waals surface area contributed by atoms with Crippen molar-refractivity contribution in [1.82, 2.24) is 0 Å². The van der Waals surface area contributed by atoms with Crippen LogP contribution in [0.15, 0.2) is 36.9 Å². The molecule has 0 N–H and O–H groups in total. The van der Waals surface area contributed by atoms with E-state index in [9.17, 15) is 4.79 Å². The van der Waals surface area contributed by atoms with Crippen LogP contribution in [0, 0.1) is 17.8 Å². The second kappa shape index (κ2) is 3.58. The largest absolute Gasteiger partial charge is 0.299 e. The third kappa shape index (κ3) is 1.42. The van der Waals surface area contributed by atoms with Crippen LogP contribution in [0.5, 0.6) is 0 Å². The molecular formula is C15H16O. The molecule has 0 heterocycles. The molecule has 82 valence electrons. The van der Waals surface area contributed by atoms with E-state index < -0.39 is 0 Å². The molecule has 0 saturated heterocycles. The Bertz CT molecular complexity index is 432. The minimum atomic E-state index is 0.307. The number of benzene rings is 1. The Morgan fingerprint density at radius 2 is 2.00 bits per heavy atom. The van der Waals surface area contributed by atoms with Crippen molar-refractivity contribution in [3.63, 3.8) is 0 Å². The number of ketones is 1.